The van der Waals surface area contributed by atoms with E-state index in [-0.39, 0.29) is 29.9 Å². The fourth-order valence-electron chi connectivity index (χ4n) is 5.31. The Hall–Kier alpha value is -3.72. The first-order valence-electron chi connectivity index (χ1n) is 11.8. The van der Waals surface area contributed by atoms with E-state index in [0.717, 1.165) is 16.5 Å². The van der Waals surface area contributed by atoms with Crippen molar-refractivity contribution in [3.8, 4) is 17.1 Å². The molecule has 0 bridgehead atoms. The second-order valence-corrected chi connectivity index (χ2v) is 9.59. The molecular formula is C26H25N3O6. The van der Waals surface area contributed by atoms with Crippen LogP contribution in [0.4, 0.5) is 0 Å². The molecule has 4 heterocycles. The summed E-state index contributed by atoms with van der Waals surface area (Å²) >= 11 is 0. The van der Waals surface area contributed by atoms with Crippen LogP contribution in [-0.4, -0.2) is 32.1 Å². The number of nitrogens with two attached hydrogens (primary N) is 1. The third-order valence-corrected chi connectivity index (χ3v) is 7.57. The summed E-state index contributed by atoms with van der Waals surface area (Å²) in [5, 5.41) is 10.9. The molecule has 35 heavy (non-hydrogen) atoms. The number of phenols is 1. The Morgan fingerprint density at radius 1 is 1.23 bits per heavy atom. The lowest BCUT2D eigenvalue weighted by Gasteiger charge is -2.36. The molecule has 0 saturated heterocycles. The number of phenolic OH excluding ortho intramolecular Hbond substituents is 1. The van der Waals surface area contributed by atoms with Crippen molar-refractivity contribution in [2.45, 2.75) is 63.8 Å². The van der Waals surface area contributed by atoms with Crippen LogP contribution in [0.25, 0.3) is 22.3 Å². The number of aromatic nitrogens is 2. The minimum Gasteiger partial charge on any atom is -0.508 e. The fourth-order valence-corrected chi connectivity index (χ4v) is 5.31. The number of ether oxygens (including phenoxy) is 2. The molecule has 3 aliphatic rings. The van der Waals surface area contributed by atoms with E-state index in [1.807, 2.05) is 6.92 Å². The lowest BCUT2D eigenvalue weighted by Crippen LogP contribution is -2.50. The highest BCUT2D eigenvalue weighted by molar-refractivity contribution is 5.92. The van der Waals surface area contributed by atoms with Crippen molar-refractivity contribution in [3.05, 3.63) is 56.9 Å². The third-order valence-electron chi connectivity index (χ3n) is 7.57. The monoisotopic (exact) mass is 475 g/mol. The van der Waals surface area contributed by atoms with Crippen LogP contribution in [-0.2, 0) is 44.2 Å². The zero-order chi connectivity index (χ0) is 24.7. The zero-order valence-corrected chi connectivity index (χ0v) is 19.5. The molecule has 1 aromatic carbocycles. The van der Waals surface area contributed by atoms with E-state index in [9.17, 15) is 19.5 Å². The maximum Gasteiger partial charge on any atom is 0.355 e. The number of carbonyl (C=O) groups is 2. The largest absolute Gasteiger partial charge is 0.508 e. The molecule has 6 rings (SSSR count). The summed E-state index contributed by atoms with van der Waals surface area (Å²) in [4.78, 5) is 44.4. The maximum absolute atomic E-state index is 13.7. The molecule has 0 radical (unpaired) electrons. The summed E-state index contributed by atoms with van der Waals surface area (Å²) in [6.07, 6.45) is 1.76. The summed E-state index contributed by atoms with van der Waals surface area (Å²) in [7, 11) is 0. The summed E-state index contributed by atoms with van der Waals surface area (Å²) in [6.45, 7) is 3.86. The number of cyclic esters (lactones) is 1. The van der Waals surface area contributed by atoms with Crippen LogP contribution in [0.2, 0.25) is 0 Å². The number of aromatic hydroxyl groups is 1. The van der Waals surface area contributed by atoms with E-state index in [2.05, 4.69) is 0 Å². The number of fused-ring (bicyclic) bond motifs is 5. The van der Waals surface area contributed by atoms with Gasteiger partial charge in [0.25, 0.3) is 5.56 Å². The Morgan fingerprint density at radius 2 is 2.00 bits per heavy atom. The topological polar surface area (TPSA) is 134 Å². The van der Waals surface area contributed by atoms with E-state index in [1.54, 1.807) is 35.8 Å². The molecular weight excluding hydrogens is 450 g/mol. The fraction of sp³-hybridized carbons (Fsp3) is 0.385. The lowest BCUT2D eigenvalue weighted by atomic mass is 9.85. The Balaban J connectivity index is 1.58. The second kappa shape index (κ2) is 7.14. The number of nitrogens with zero attached hydrogens (tertiary/aromatic N) is 2. The first kappa shape index (κ1) is 21.8. The van der Waals surface area contributed by atoms with Crippen molar-refractivity contribution < 1.29 is 24.2 Å². The molecule has 1 fully saturated rings. The van der Waals surface area contributed by atoms with Crippen molar-refractivity contribution >= 4 is 22.8 Å². The Kier molecular flexibility index (Phi) is 4.45. The van der Waals surface area contributed by atoms with Crippen LogP contribution in [0.3, 0.4) is 0 Å². The standard InChI is InChI=1S/C26H25N3O6/c1-3-14-15-9-13(30)5-6-19(15)28-21-16(14)11-29-20(21)10-18-17(22(29)31)12-34-24(33)26(18,4-2)35-23(32)25(27)7-8-25/h5-6,9-10,30H,3-4,7-8,11-12,27H2,1-2H3. The SMILES string of the molecule is CCc1c2c(nc3ccc(O)cc13)-c1cc3c(c(=O)n1C2)COC(=O)C3(CC)OC(=O)C1(N)CC1. The lowest BCUT2D eigenvalue weighted by molar-refractivity contribution is -0.190. The number of benzene rings is 1. The number of carbonyl (C=O) groups excluding carboxylic acids is 2. The summed E-state index contributed by atoms with van der Waals surface area (Å²) < 4.78 is 12.8. The molecule has 0 amide bonds. The normalized spacial score (nSPS) is 21.2. The van der Waals surface area contributed by atoms with Crippen LogP contribution in [0, 0.1) is 0 Å². The van der Waals surface area contributed by atoms with Crippen LogP contribution in [0.5, 0.6) is 5.75 Å². The Labute approximate surface area is 200 Å². The Morgan fingerprint density at radius 3 is 2.69 bits per heavy atom. The van der Waals surface area contributed by atoms with Gasteiger partial charge in [0.15, 0.2) is 0 Å². The van der Waals surface area contributed by atoms with E-state index in [1.165, 1.54) is 0 Å². The highest BCUT2D eigenvalue weighted by atomic mass is 16.6. The highest BCUT2D eigenvalue weighted by Gasteiger charge is 2.55. The number of esters is 2. The minimum absolute atomic E-state index is 0.0983. The van der Waals surface area contributed by atoms with Gasteiger partial charge in [-0.25, -0.2) is 9.78 Å². The predicted octanol–water partition coefficient (Wildman–Crippen LogP) is 2.39. The maximum atomic E-state index is 13.7. The van der Waals surface area contributed by atoms with Crippen molar-refractivity contribution in [1.29, 1.82) is 0 Å². The number of pyridine rings is 2. The highest BCUT2D eigenvalue weighted by Crippen LogP contribution is 2.44. The number of hydrogen-bond acceptors (Lipinski definition) is 8. The second-order valence-electron chi connectivity index (χ2n) is 9.59. The molecule has 1 atom stereocenters. The summed E-state index contributed by atoms with van der Waals surface area (Å²) in [5.74, 6) is -1.22. The van der Waals surface area contributed by atoms with Crippen LogP contribution in [0.1, 0.15) is 55.4 Å². The van der Waals surface area contributed by atoms with Gasteiger partial charge in [-0.15, -0.1) is 0 Å². The molecule has 180 valence electrons. The van der Waals surface area contributed by atoms with Gasteiger partial charge in [-0.1, -0.05) is 13.8 Å². The zero-order valence-electron chi connectivity index (χ0n) is 19.5. The average Bonchev–Trinajstić information content (AvgIpc) is 3.50. The van der Waals surface area contributed by atoms with Crippen LogP contribution in [0.15, 0.2) is 29.1 Å². The molecule has 1 unspecified atom stereocenters. The molecule has 9 nitrogen and oxygen atoms in total. The van der Waals surface area contributed by atoms with Gasteiger partial charge in [0.1, 0.15) is 17.9 Å². The molecule has 2 aromatic heterocycles. The van der Waals surface area contributed by atoms with Gasteiger partial charge in [-0.3, -0.25) is 9.59 Å². The third kappa shape index (κ3) is 2.91. The van der Waals surface area contributed by atoms with Gasteiger partial charge in [0.2, 0.25) is 5.60 Å². The molecule has 0 spiro atoms. The first-order chi connectivity index (χ1) is 16.7. The first-order valence-corrected chi connectivity index (χ1v) is 11.8. The molecule has 9 heteroatoms. The summed E-state index contributed by atoms with van der Waals surface area (Å²) in [5.41, 5.74) is 7.33. The molecule has 2 aliphatic heterocycles. The van der Waals surface area contributed by atoms with Crippen molar-refractivity contribution in [2.24, 2.45) is 5.73 Å². The number of hydrogen-bond donors (Lipinski definition) is 2. The van der Waals surface area contributed by atoms with E-state index >= 15 is 0 Å². The van der Waals surface area contributed by atoms with E-state index < -0.39 is 23.1 Å². The molecule has 1 aliphatic carbocycles. The predicted molar refractivity (Wildman–Crippen MR) is 126 cm³/mol. The van der Waals surface area contributed by atoms with Crippen LogP contribution < -0.4 is 11.3 Å². The van der Waals surface area contributed by atoms with Crippen molar-refractivity contribution in [1.82, 2.24) is 9.55 Å². The number of aryl methyl sites for hydroxylation is 1. The molecule has 3 N–H and O–H groups in total. The van der Waals surface area contributed by atoms with Crippen LogP contribution >= 0.6 is 0 Å². The average molecular weight is 476 g/mol. The smallest absolute Gasteiger partial charge is 0.355 e. The van der Waals surface area contributed by atoms with Gasteiger partial charge in [0, 0.05) is 16.5 Å². The van der Waals surface area contributed by atoms with Gasteiger partial charge in [-0.2, -0.15) is 0 Å². The Bertz CT molecular complexity index is 1520. The van der Waals surface area contributed by atoms with Gasteiger partial charge in [0.05, 0.1) is 29.0 Å². The van der Waals surface area contributed by atoms with E-state index in [4.69, 9.17) is 20.2 Å². The number of rotatable bonds is 4. The van der Waals surface area contributed by atoms with Crippen molar-refractivity contribution in [2.75, 3.05) is 0 Å². The van der Waals surface area contributed by atoms with Gasteiger partial charge < -0.3 is 24.9 Å². The molecule has 1 saturated carbocycles. The van der Waals surface area contributed by atoms with Gasteiger partial charge in [-0.05, 0) is 55.5 Å². The van der Waals surface area contributed by atoms with Crippen molar-refractivity contribution in [3.63, 3.8) is 0 Å². The summed E-state index contributed by atoms with van der Waals surface area (Å²) in [6, 6.07) is 6.75. The minimum atomic E-state index is -1.74. The quantitative estimate of drug-likeness (QED) is 0.430. The molecule has 3 aromatic rings. The van der Waals surface area contributed by atoms with Gasteiger partial charge >= 0.3 is 11.9 Å². The van der Waals surface area contributed by atoms with E-state index in [0.29, 0.717) is 48.3 Å².